The zero-order valence-electron chi connectivity index (χ0n) is 15.1. The summed E-state index contributed by atoms with van der Waals surface area (Å²) in [6, 6.07) is 12.8. The predicted molar refractivity (Wildman–Crippen MR) is 106 cm³/mol. The van der Waals surface area contributed by atoms with E-state index in [9.17, 15) is 13.2 Å². The molecule has 0 aliphatic carbocycles. The third kappa shape index (κ3) is 6.04. The van der Waals surface area contributed by atoms with Crippen LogP contribution in [0, 0.1) is 13.8 Å². The highest BCUT2D eigenvalue weighted by Gasteiger charge is 2.19. The summed E-state index contributed by atoms with van der Waals surface area (Å²) in [5.41, 5.74) is 3.45. The van der Waals surface area contributed by atoms with Gasteiger partial charge in [-0.05, 0) is 54.8 Å². The topological polar surface area (TPSA) is 66.5 Å². The molecular weight excluding hydrogens is 372 g/mol. The SMILES string of the molecule is Cc1cc(C)cc(N(CCC(=O)NCc2ccc(Cl)cc2)S(C)(=O)=O)c1. The molecule has 0 aromatic heterocycles. The minimum atomic E-state index is -3.48. The lowest BCUT2D eigenvalue weighted by Crippen LogP contribution is -2.34. The molecule has 1 amide bonds. The van der Waals surface area contributed by atoms with Crippen LogP contribution in [0.5, 0.6) is 0 Å². The lowest BCUT2D eigenvalue weighted by molar-refractivity contribution is -0.121. The molecule has 2 aromatic rings. The number of carbonyl (C=O) groups excluding carboxylic acids is 1. The van der Waals surface area contributed by atoms with E-state index >= 15 is 0 Å². The Labute approximate surface area is 160 Å². The van der Waals surface area contributed by atoms with Crippen LogP contribution in [-0.4, -0.2) is 27.1 Å². The summed E-state index contributed by atoms with van der Waals surface area (Å²) in [5.74, 6) is -0.210. The van der Waals surface area contributed by atoms with Crippen LogP contribution in [0.4, 0.5) is 5.69 Å². The highest BCUT2D eigenvalue weighted by Crippen LogP contribution is 2.21. The van der Waals surface area contributed by atoms with Crippen molar-refractivity contribution in [3.63, 3.8) is 0 Å². The molecule has 0 saturated heterocycles. The zero-order valence-corrected chi connectivity index (χ0v) is 16.7. The maximum Gasteiger partial charge on any atom is 0.232 e. The quantitative estimate of drug-likeness (QED) is 0.782. The molecule has 0 saturated carbocycles. The van der Waals surface area contributed by atoms with Crippen molar-refractivity contribution in [2.75, 3.05) is 17.1 Å². The Morgan fingerprint density at radius 1 is 1.08 bits per heavy atom. The fourth-order valence-electron chi connectivity index (χ4n) is 2.68. The van der Waals surface area contributed by atoms with Gasteiger partial charge in [0.05, 0.1) is 11.9 Å². The molecule has 7 heteroatoms. The van der Waals surface area contributed by atoms with Gasteiger partial charge in [-0.2, -0.15) is 0 Å². The van der Waals surface area contributed by atoms with E-state index in [4.69, 9.17) is 11.6 Å². The largest absolute Gasteiger partial charge is 0.352 e. The Kier molecular flexibility index (Phi) is 6.67. The first-order valence-electron chi connectivity index (χ1n) is 8.22. The van der Waals surface area contributed by atoms with Crippen LogP contribution in [-0.2, 0) is 21.4 Å². The Morgan fingerprint density at radius 2 is 1.65 bits per heavy atom. The second-order valence-electron chi connectivity index (χ2n) is 6.33. The number of rotatable bonds is 7. The molecule has 140 valence electrons. The standard InChI is InChI=1S/C19H23ClN2O3S/c1-14-10-15(2)12-18(11-14)22(26(3,24)25)9-8-19(23)21-13-16-4-6-17(20)7-5-16/h4-7,10-12H,8-9,13H2,1-3H3,(H,21,23). The van der Waals surface area contributed by atoms with Gasteiger partial charge in [0.1, 0.15) is 0 Å². The first-order valence-corrected chi connectivity index (χ1v) is 10.4. The third-order valence-electron chi connectivity index (χ3n) is 3.84. The van der Waals surface area contributed by atoms with Crippen LogP contribution in [0.1, 0.15) is 23.1 Å². The molecule has 0 spiro atoms. The summed E-state index contributed by atoms with van der Waals surface area (Å²) in [6.07, 6.45) is 1.23. The maximum absolute atomic E-state index is 12.2. The summed E-state index contributed by atoms with van der Waals surface area (Å²) in [7, 11) is -3.48. The number of halogens is 1. The molecule has 0 bridgehead atoms. The van der Waals surface area contributed by atoms with E-state index in [1.807, 2.05) is 32.0 Å². The van der Waals surface area contributed by atoms with Crippen LogP contribution in [0.3, 0.4) is 0 Å². The Hall–Kier alpha value is -2.05. The Morgan fingerprint density at radius 3 is 2.19 bits per heavy atom. The molecule has 5 nitrogen and oxygen atoms in total. The van der Waals surface area contributed by atoms with Crippen LogP contribution in [0.25, 0.3) is 0 Å². The molecule has 0 heterocycles. The van der Waals surface area contributed by atoms with Gasteiger partial charge < -0.3 is 5.32 Å². The first kappa shape index (κ1) is 20.3. The molecule has 0 atom stereocenters. The molecule has 0 radical (unpaired) electrons. The summed E-state index contributed by atoms with van der Waals surface area (Å²) in [6.45, 7) is 4.29. The van der Waals surface area contributed by atoms with E-state index in [0.29, 0.717) is 17.3 Å². The number of amides is 1. The third-order valence-corrected chi connectivity index (χ3v) is 5.29. The average molecular weight is 395 g/mol. The van der Waals surface area contributed by atoms with E-state index in [0.717, 1.165) is 22.9 Å². The van der Waals surface area contributed by atoms with Gasteiger partial charge in [-0.15, -0.1) is 0 Å². The van der Waals surface area contributed by atoms with Crippen LogP contribution < -0.4 is 9.62 Å². The normalized spacial score (nSPS) is 11.2. The molecule has 0 aliphatic heterocycles. The summed E-state index contributed by atoms with van der Waals surface area (Å²) in [4.78, 5) is 12.1. The number of aryl methyl sites for hydroxylation is 2. The van der Waals surface area contributed by atoms with Gasteiger partial charge in [0.25, 0.3) is 0 Å². The minimum Gasteiger partial charge on any atom is -0.352 e. The second-order valence-corrected chi connectivity index (χ2v) is 8.68. The lowest BCUT2D eigenvalue weighted by Gasteiger charge is -2.23. The van der Waals surface area contributed by atoms with Crippen molar-refractivity contribution < 1.29 is 13.2 Å². The molecule has 0 aliphatic rings. The van der Waals surface area contributed by atoms with Gasteiger partial charge >= 0.3 is 0 Å². The average Bonchev–Trinajstić information content (AvgIpc) is 2.52. The van der Waals surface area contributed by atoms with Gasteiger partial charge in [-0.3, -0.25) is 9.10 Å². The molecule has 26 heavy (non-hydrogen) atoms. The minimum absolute atomic E-state index is 0.0770. The number of carbonyl (C=O) groups is 1. The number of sulfonamides is 1. The number of nitrogens with one attached hydrogen (secondary N) is 1. The number of nitrogens with zero attached hydrogens (tertiary/aromatic N) is 1. The zero-order chi connectivity index (χ0) is 19.3. The fourth-order valence-corrected chi connectivity index (χ4v) is 3.71. The summed E-state index contributed by atoms with van der Waals surface area (Å²) >= 11 is 5.83. The Balaban J connectivity index is 2.00. The smallest absolute Gasteiger partial charge is 0.232 e. The predicted octanol–water partition coefficient (Wildman–Crippen LogP) is 3.43. The highest BCUT2D eigenvalue weighted by atomic mass is 35.5. The van der Waals surface area contributed by atoms with E-state index in [1.165, 1.54) is 4.31 Å². The van der Waals surface area contributed by atoms with E-state index in [-0.39, 0.29) is 18.9 Å². The van der Waals surface area contributed by atoms with Crippen molar-refractivity contribution in [3.8, 4) is 0 Å². The monoisotopic (exact) mass is 394 g/mol. The second kappa shape index (κ2) is 8.56. The molecule has 1 N–H and O–H groups in total. The van der Waals surface area contributed by atoms with Crippen molar-refractivity contribution in [1.29, 1.82) is 0 Å². The number of hydrogen-bond donors (Lipinski definition) is 1. The van der Waals surface area contributed by atoms with Gasteiger partial charge in [-0.1, -0.05) is 29.8 Å². The van der Waals surface area contributed by atoms with Gasteiger partial charge in [0, 0.05) is 24.5 Å². The van der Waals surface area contributed by atoms with Gasteiger partial charge in [0.15, 0.2) is 0 Å². The molecule has 2 rings (SSSR count). The van der Waals surface area contributed by atoms with E-state index < -0.39 is 10.0 Å². The molecule has 2 aromatic carbocycles. The summed E-state index contributed by atoms with van der Waals surface area (Å²) < 4.78 is 25.6. The van der Waals surface area contributed by atoms with Crippen molar-refractivity contribution in [3.05, 3.63) is 64.2 Å². The van der Waals surface area contributed by atoms with E-state index in [2.05, 4.69) is 5.32 Å². The van der Waals surface area contributed by atoms with Crippen molar-refractivity contribution in [2.24, 2.45) is 0 Å². The number of hydrogen-bond acceptors (Lipinski definition) is 3. The van der Waals surface area contributed by atoms with Crippen LogP contribution in [0.15, 0.2) is 42.5 Å². The van der Waals surface area contributed by atoms with Crippen LogP contribution in [0.2, 0.25) is 5.02 Å². The van der Waals surface area contributed by atoms with Crippen molar-refractivity contribution in [2.45, 2.75) is 26.8 Å². The van der Waals surface area contributed by atoms with Crippen molar-refractivity contribution in [1.82, 2.24) is 5.32 Å². The van der Waals surface area contributed by atoms with Gasteiger partial charge in [0.2, 0.25) is 15.9 Å². The number of anilines is 1. The van der Waals surface area contributed by atoms with Crippen molar-refractivity contribution >= 4 is 33.2 Å². The summed E-state index contributed by atoms with van der Waals surface area (Å²) in [5, 5.41) is 3.43. The fraction of sp³-hybridized carbons (Fsp3) is 0.316. The molecule has 0 fully saturated rings. The highest BCUT2D eigenvalue weighted by molar-refractivity contribution is 7.92. The molecular formula is C19H23ClN2O3S. The first-order chi connectivity index (χ1) is 12.1. The van der Waals surface area contributed by atoms with Crippen LogP contribution >= 0.6 is 11.6 Å². The molecule has 0 unspecified atom stereocenters. The van der Waals surface area contributed by atoms with E-state index in [1.54, 1.807) is 24.3 Å². The maximum atomic E-state index is 12.2. The van der Waals surface area contributed by atoms with Gasteiger partial charge in [-0.25, -0.2) is 8.42 Å². The lowest BCUT2D eigenvalue weighted by atomic mass is 10.1. The number of benzene rings is 2. The Bertz CT molecular complexity index is 860.